The van der Waals surface area contributed by atoms with Gasteiger partial charge >= 0.3 is 24.3 Å². The normalized spacial score (nSPS) is 17.7. The Balaban J connectivity index is 0.000000362. The monoisotopic (exact) mass is 513 g/mol. The Hall–Kier alpha value is -3.16. The van der Waals surface area contributed by atoms with Crippen LogP contribution in [0.4, 0.5) is 26.3 Å². The summed E-state index contributed by atoms with van der Waals surface area (Å²) in [5.41, 5.74) is 1.16. The summed E-state index contributed by atoms with van der Waals surface area (Å²) in [6.45, 7) is 8.28. The molecule has 1 aromatic heterocycles. The molecule has 2 aliphatic heterocycles. The summed E-state index contributed by atoms with van der Waals surface area (Å²) >= 11 is 0. The molecule has 8 nitrogen and oxygen atoms in total. The number of carbonyl (C=O) groups excluding carboxylic acids is 1. The lowest BCUT2D eigenvalue weighted by Gasteiger charge is -2.37. The molecular formula is C21H25F6N3O5. The van der Waals surface area contributed by atoms with Crippen LogP contribution in [0.1, 0.15) is 24.8 Å². The van der Waals surface area contributed by atoms with E-state index in [0.29, 0.717) is 12.5 Å². The van der Waals surface area contributed by atoms with E-state index in [1.54, 1.807) is 6.20 Å². The van der Waals surface area contributed by atoms with Crippen molar-refractivity contribution >= 4 is 17.8 Å². The molecule has 2 fully saturated rings. The number of carboxylic acids is 2. The highest BCUT2D eigenvalue weighted by Crippen LogP contribution is 2.41. The van der Waals surface area contributed by atoms with Crippen molar-refractivity contribution in [1.82, 2.24) is 14.8 Å². The maximum atomic E-state index is 12.6. The molecular weight excluding hydrogens is 488 g/mol. The van der Waals surface area contributed by atoms with E-state index in [9.17, 15) is 31.1 Å². The van der Waals surface area contributed by atoms with Crippen molar-refractivity contribution in [1.29, 1.82) is 0 Å². The smallest absolute Gasteiger partial charge is 0.475 e. The van der Waals surface area contributed by atoms with E-state index in [2.05, 4.69) is 22.5 Å². The summed E-state index contributed by atoms with van der Waals surface area (Å²) in [6, 6.07) is 4.10. The van der Waals surface area contributed by atoms with Crippen LogP contribution in [-0.4, -0.2) is 81.4 Å². The lowest BCUT2D eigenvalue weighted by molar-refractivity contribution is -0.193. The van der Waals surface area contributed by atoms with E-state index in [0.717, 1.165) is 45.4 Å². The number of hydrogen-bond acceptors (Lipinski definition) is 5. The molecule has 2 aliphatic rings. The Morgan fingerprint density at radius 3 is 1.91 bits per heavy atom. The molecule has 0 atom stereocenters. The fourth-order valence-corrected chi connectivity index (χ4v) is 3.58. The zero-order valence-electron chi connectivity index (χ0n) is 18.5. The summed E-state index contributed by atoms with van der Waals surface area (Å²) in [5.74, 6) is -5.16. The predicted octanol–water partition coefficient (Wildman–Crippen LogP) is 3.35. The molecule has 196 valence electrons. The van der Waals surface area contributed by atoms with Crippen LogP contribution in [0, 0.1) is 5.41 Å². The van der Waals surface area contributed by atoms with E-state index in [1.807, 2.05) is 23.2 Å². The third kappa shape index (κ3) is 9.54. The van der Waals surface area contributed by atoms with Crippen molar-refractivity contribution in [2.45, 2.75) is 38.2 Å². The van der Waals surface area contributed by atoms with Crippen LogP contribution in [-0.2, 0) is 20.9 Å². The molecule has 3 rings (SSSR count). The third-order valence-corrected chi connectivity index (χ3v) is 5.38. The van der Waals surface area contributed by atoms with E-state index in [4.69, 9.17) is 19.8 Å². The topological polar surface area (TPSA) is 111 Å². The number of likely N-dealkylation sites (tertiary alicyclic amines) is 2. The second kappa shape index (κ2) is 12.5. The number of alkyl halides is 6. The lowest BCUT2D eigenvalue weighted by atomic mass is 9.77. The first kappa shape index (κ1) is 29.9. The SMILES string of the molecule is C=CCN1CCC2(CCN(Cc3cccnc3)CC2)C1=O.O=C(O)C(F)(F)F.O=C(O)C(F)(F)F. The van der Waals surface area contributed by atoms with Crippen molar-refractivity contribution in [3.05, 3.63) is 42.7 Å². The number of amides is 1. The number of carbonyl (C=O) groups is 3. The first-order valence-electron chi connectivity index (χ1n) is 10.2. The minimum absolute atomic E-state index is 0.0888. The van der Waals surface area contributed by atoms with Crippen molar-refractivity contribution in [2.24, 2.45) is 5.41 Å². The Labute approximate surface area is 196 Å². The molecule has 3 heterocycles. The van der Waals surface area contributed by atoms with Crippen LogP contribution in [0.15, 0.2) is 37.2 Å². The van der Waals surface area contributed by atoms with Gasteiger partial charge in [0.15, 0.2) is 0 Å². The van der Waals surface area contributed by atoms with Crippen LogP contribution in [0.5, 0.6) is 0 Å². The first-order valence-corrected chi connectivity index (χ1v) is 10.2. The van der Waals surface area contributed by atoms with Gasteiger partial charge in [-0.15, -0.1) is 6.58 Å². The Morgan fingerprint density at radius 2 is 1.51 bits per heavy atom. The molecule has 1 aromatic rings. The predicted molar refractivity (Wildman–Crippen MR) is 110 cm³/mol. The largest absolute Gasteiger partial charge is 0.490 e. The number of halogens is 6. The van der Waals surface area contributed by atoms with Gasteiger partial charge in [0.05, 0.1) is 5.41 Å². The standard InChI is InChI=1S/C17H23N3O.2C2HF3O2/c1-2-9-20-12-7-17(16(20)21)5-10-19(11-6-17)14-15-4-3-8-18-13-15;2*3-2(4,5)1(6)7/h2-4,8,13H,1,5-7,9-12,14H2;2*(H,6,7). The number of aliphatic carboxylic acids is 2. The third-order valence-electron chi connectivity index (χ3n) is 5.38. The highest BCUT2D eigenvalue weighted by molar-refractivity contribution is 5.85. The van der Waals surface area contributed by atoms with Crippen LogP contribution < -0.4 is 0 Å². The number of pyridine rings is 1. The van der Waals surface area contributed by atoms with Crippen molar-refractivity contribution < 1.29 is 50.9 Å². The van der Waals surface area contributed by atoms with Gasteiger partial charge in [-0.05, 0) is 44.0 Å². The minimum atomic E-state index is -5.08. The van der Waals surface area contributed by atoms with E-state index < -0.39 is 24.3 Å². The summed E-state index contributed by atoms with van der Waals surface area (Å²) in [4.78, 5) is 38.9. The van der Waals surface area contributed by atoms with E-state index >= 15 is 0 Å². The lowest BCUT2D eigenvalue weighted by Crippen LogP contribution is -2.44. The number of hydrogen-bond donors (Lipinski definition) is 2. The van der Waals surface area contributed by atoms with Gasteiger partial charge in [0.2, 0.25) is 5.91 Å². The molecule has 1 amide bonds. The number of piperidine rings is 1. The molecule has 0 radical (unpaired) electrons. The van der Waals surface area contributed by atoms with Crippen LogP contribution in [0.3, 0.4) is 0 Å². The van der Waals surface area contributed by atoms with E-state index in [-0.39, 0.29) is 5.41 Å². The maximum absolute atomic E-state index is 12.6. The number of aromatic nitrogens is 1. The van der Waals surface area contributed by atoms with Crippen molar-refractivity contribution in [3.8, 4) is 0 Å². The summed E-state index contributed by atoms with van der Waals surface area (Å²) in [6.07, 6.45) is -1.62. The number of nitrogens with zero attached hydrogens (tertiary/aromatic N) is 3. The van der Waals surface area contributed by atoms with Crippen molar-refractivity contribution in [3.63, 3.8) is 0 Å². The van der Waals surface area contributed by atoms with Gasteiger partial charge in [-0.1, -0.05) is 12.1 Å². The fraction of sp³-hybridized carbons (Fsp3) is 0.524. The molecule has 0 saturated carbocycles. The highest BCUT2D eigenvalue weighted by Gasteiger charge is 2.47. The molecule has 2 N–H and O–H groups in total. The molecule has 35 heavy (non-hydrogen) atoms. The molecule has 1 spiro atoms. The first-order chi connectivity index (χ1) is 16.1. The molecule has 14 heteroatoms. The van der Waals surface area contributed by atoms with Crippen LogP contribution in [0.25, 0.3) is 0 Å². The zero-order chi connectivity index (χ0) is 26.9. The molecule has 0 aliphatic carbocycles. The van der Waals surface area contributed by atoms with Gasteiger partial charge in [-0.25, -0.2) is 9.59 Å². The maximum Gasteiger partial charge on any atom is 0.490 e. The molecule has 0 aromatic carbocycles. The Bertz CT molecular complexity index is 844. The zero-order valence-corrected chi connectivity index (χ0v) is 18.5. The molecule has 0 bridgehead atoms. The van der Waals surface area contributed by atoms with E-state index in [1.165, 1.54) is 5.56 Å². The van der Waals surface area contributed by atoms with Crippen molar-refractivity contribution in [2.75, 3.05) is 26.2 Å². The highest BCUT2D eigenvalue weighted by atomic mass is 19.4. The number of carboxylic acid groups (broad SMARTS) is 2. The van der Waals surface area contributed by atoms with Gasteiger partial charge in [0.1, 0.15) is 0 Å². The Kier molecular flexibility index (Phi) is 10.7. The average molecular weight is 513 g/mol. The fourth-order valence-electron chi connectivity index (χ4n) is 3.58. The molecule has 2 saturated heterocycles. The van der Waals surface area contributed by atoms with Gasteiger partial charge in [-0.2, -0.15) is 26.3 Å². The second-order valence-electron chi connectivity index (χ2n) is 7.81. The van der Waals surface area contributed by atoms with Crippen LogP contribution >= 0.6 is 0 Å². The van der Waals surface area contributed by atoms with Gasteiger partial charge in [-0.3, -0.25) is 14.7 Å². The van der Waals surface area contributed by atoms with Gasteiger partial charge in [0.25, 0.3) is 0 Å². The van der Waals surface area contributed by atoms with Gasteiger partial charge in [0, 0.05) is 32.0 Å². The average Bonchev–Trinajstić information content (AvgIpc) is 3.06. The second-order valence-corrected chi connectivity index (χ2v) is 7.81. The quantitative estimate of drug-likeness (QED) is 0.469. The van der Waals surface area contributed by atoms with Crippen LogP contribution in [0.2, 0.25) is 0 Å². The minimum Gasteiger partial charge on any atom is -0.475 e. The van der Waals surface area contributed by atoms with Gasteiger partial charge < -0.3 is 15.1 Å². The molecule has 0 unspecified atom stereocenters. The summed E-state index contributed by atoms with van der Waals surface area (Å²) < 4.78 is 63.5. The summed E-state index contributed by atoms with van der Waals surface area (Å²) in [5, 5.41) is 14.2. The Morgan fingerprint density at radius 1 is 1.03 bits per heavy atom. The summed E-state index contributed by atoms with van der Waals surface area (Å²) in [7, 11) is 0. The number of rotatable bonds is 4.